The average molecular weight is 562 g/mol. The first-order valence-corrected chi connectivity index (χ1v) is 14.1. The van der Waals surface area contributed by atoms with Gasteiger partial charge in [0.15, 0.2) is 17.3 Å². The number of rotatable bonds is 6. The van der Waals surface area contributed by atoms with Crippen LogP contribution in [0.15, 0.2) is 79.8 Å². The number of piperidine rings is 1. The van der Waals surface area contributed by atoms with E-state index in [1.165, 1.54) is 6.08 Å². The van der Waals surface area contributed by atoms with Gasteiger partial charge >= 0.3 is 0 Å². The quantitative estimate of drug-likeness (QED) is 0.268. The van der Waals surface area contributed by atoms with Crippen LogP contribution in [0.3, 0.4) is 0 Å². The normalized spacial score (nSPS) is 18.8. The summed E-state index contributed by atoms with van der Waals surface area (Å²) in [5.74, 6) is 1.62. The molecular weight excluding hydrogens is 530 g/mol. The largest absolute Gasteiger partial charge is 0.388 e. The highest BCUT2D eigenvalue weighted by Crippen LogP contribution is 2.41. The van der Waals surface area contributed by atoms with Gasteiger partial charge in [0.05, 0.1) is 11.7 Å². The molecule has 1 fully saturated rings. The minimum atomic E-state index is -0.617. The molecule has 0 spiro atoms. The maximum Gasteiger partial charge on any atom is 0.245 e. The summed E-state index contributed by atoms with van der Waals surface area (Å²) in [7, 11) is 0. The number of pyridine rings is 2. The van der Waals surface area contributed by atoms with E-state index in [0.29, 0.717) is 53.7 Å². The fraction of sp³-hybridized carbons (Fsp3) is 0.258. The highest BCUT2D eigenvalue weighted by Gasteiger charge is 2.33. The van der Waals surface area contributed by atoms with Crippen molar-refractivity contribution >= 4 is 22.9 Å². The van der Waals surface area contributed by atoms with Gasteiger partial charge in [-0.2, -0.15) is 5.10 Å². The fourth-order valence-electron chi connectivity index (χ4n) is 6.13. The fourth-order valence-corrected chi connectivity index (χ4v) is 6.13. The maximum atomic E-state index is 12.0. The van der Waals surface area contributed by atoms with Crippen molar-refractivity contribution in [2.45, 2.75) is 37.5 Å². The monoisotopic (exact) mass is 561 g/mol. The zero-order valence-electron chi connectivity index (χ0n) is 23.0. The van der Waals surface area contributed by atoms with Gasteiger partial charge in [0, 0.05) is 49.5 Å². The second-order valence-electron chi connectivity index (χ2n) is 10.8. The first-order chi connectivity index (χ1) is 20.5. The van der Waals surface area contributed by atoms with Gasteiger partial charge < -0.3 is 21.1 Å². The summed E-state index contributed by atoms with van der Waals surface area (Å²) in [5, 5.41) is 19.3. The van der Waals surface area contributed by atoms with Gasteiger partial charge in [-0.1, -0.05) is 12.6 Å². The number of nitrogens with two attached hydrogens (primary N) is 1. The van der Waals surface area contributed by atoms with Crippen molar-refractivity contribution in [3.63, 3.8) is 0 Å². The summed E-state index contributed by atoms with van der Waals surface area (Å²) in [4.78, 5) is 27.9. The van der Waals surface area contributed by atoms with Gasteiger partial charge in [-0.15, -0.1) is 0 Å². The molecule has 212 valence electrons. The molecule has 1 aromatic carbocycles. The van der Waals surface area contributed by atoms with Gasteiger partial charge in [-0.05, 0) is 78.9 Å². The highest BCUT2D eigenvalue weighted by molar-refractivity contribution is 5.87. The van der Waals surface area contributed by atoms with Gasteiger partial charge in [0.25, 0.3) is 0 Å². The molecule has 11 nitrogen and oxygen atoms in total. The third-order valence-electron chi connectivity index (χ3n) is 8.25. The molecule has 2 unspecified atom stereocenters. The number of aliphatic hydroxyl groups excluding tert-OH is 1. The number of carbonyl (C=O) groups is 1. The Morgan fingerprint density at radius 1 is 1.07 bits per heavy atom. The number of aromatic nitrogens is 6. The minimum absolute atomic E-state index is 0.0201. The van der Waals surface area contributed by atoms with Crippen LogP contribution in [-0.4, -0.2) is 64.3 Å². The van der Waals surface area contributed by atoms with Crippen LogP contribution in [0.4, 0.5) is 5.82 Å². The first kappa shape index (κ1) is 26.1. The van der Waals surface area contributed by atoms with Gasteiger partial charge in [0.1, 0.15) is 11.3 Å². The number of anilines is 1. The molecule has 42 heavy (non-hydrogen) atoms. The molecule has 1 saturated heterocycles. The van der Waals surface area contributed by atoms with Crippen LogP contribution >= 0.6 is 0 Å². The Morgan fingerprint density at radius 3 is 2.69 bits per heavy atom. The van der Waals surface area contributed by atoms with Gasteiger partial charge in [-0.3, -0.25) is 9.36 Å². The van der Waals surface area contributed by atoms with E-state index >= 15 is 0 Å². The summed E-state index contributed by atoms with van der Waals surface area (Å²) in [6.45, 7) is 5.00. The number of aliphatic hydroxyl groups is 1. The molecule has 11 heteroatoms. The standard InChI is InChI=1S/C31H31N9O2/c1-2-28(42)38-15-10-19(11-16-38)35-25-18-26(41)23-17-20(6-7-21(23)25)40-30(22-5-3-12-33-29(22)32)36-24-8-9-27(37-31(24)40)39-14-4-13-34-39/h2-9,12-14,17,19,25-26,35,41H,1,10-11,15-16,18H2,(H2,32,33). The number of nitrogen functional groups attached to an aromatic ring is 1. The molecule has 1 aliphatic carbocycles. The first-order valence-electron chi connectivity index (χ1n) is 14.1. The number of carbonyl (C=O) groups excluding carboxylic acids is 1. The lowest BCUT2D eigenvalue weighted by molar-refractivity contribution is -0.127. The molecule has 5 aromatic rings. The number of likely N-dealkylation sites (tertiary alicyclic amines) is 1. The van der Waals surface area contributed by atoms with Crippen molar-refractivity contribution < 1.29 is 9.90 Å². The van der Waals surface area contributed by atoms with E-state index in [2.05, 4.69) is 28.0 Å². The van der Waals surface area contributed by atoms with E-state index in [1.54, 1.807) is 17.1 Å². The van der Waals surface area contributed by atoms with E-state index in [4.69, 9.17) is 15.7 Å². The maximum absolute atomic E-state index is 12.0. The molecule has 1 amide bonds. The van der Waals surface area contributed by atoms with Crippen LogP contribution in [0, 0.1) is 0 Å². The van der Waals surface area contributed by atoms with Gasteiger partial charge in [-0.25, -0.2) is 19.6 Å². The second-order valence-corrected chi connectivity index (χ2v) is 10.8. The smallest absolute Gasteiger partial charge is 0.245 e. The summed E-state index contributed by atoms with van der Waals surface area (Å²) in [6, 6.07) is 15.8. The van der Waals surface area contributed by atoms with E-state index < -0.39 is 6.10 Å². The molecule has 2 atom stereocenters. The summed E-state index contributed by atoms with van der Waals surface area (Å²) in [5.41, 5.74) is 11.1. The zero-order valence-corrected chi connectivity index (χ0v) is 23.0. The lowest BCUT2D eigenvalue weighted by Crippen LogP contribution is -2.45. The van der Waals surface area contributed by atoms with Crippen LogP contribution in [0.25, 0.3) is 34.1 Å². The number of fused-ring (bicyclic) bond motifs is 2. The Hall–Kier alpha value is -4.87. The second kappa shape index (κ2) is 10.5. The third-order valence-corrected chi connectivity index (χ3v) is 8.25. The summed E-state index contributed by atoms with van der Waals surface area (Å²) < 4.78 is 3.67. The summed E-state index contributed by atoms with van der Waals surface area (Å²) >= 11 is 0. The number of imidazole rings is 1. The topological polar surface area (TPSA) is 140 Å². The third kappa shape index (κ3) is 4.52. The Labute approximate surface area is 242 Å². The number of benzene rings is 1. The minimum Gasteiger partial charge on any atom is -0.388 e. The Bertz CT molecular complexity index is 1790. The van der Waals surface area contributed by atoms with E-state index in [1.807, 2.05) is 58.1 Å². The van der Waals surface area contributed by atoms with E-state index in [9.17, 15) is 9.90 Å². The Kier molecular flexibility index (Phi) is 6.52. The molecule has 1 aliphatic heterocycles. The molecule has 0 saturated carbocycles. The van der Waals surface area contributed by atoms with E-state index in [-0.39, 0.29) is 18.0 Å². The van der Waals surface area contributed by atoms with Crippen molar-refractivity contribution in [3.05, 3.63) is 90.9 Å². The van der Waals surface area contributed by atoms with E-state index in [0.717, 1.165) is 29.7 Å². The van der Waals surface area contributed by atoms with Crippen molar-refractivity contribution in [1.29, 1.82) is 0 Å². The molecule has 0 bridgehead atoms. The SMILES string of the molecule is C=CC(=O)N1CCC(NC2CC(O)c3cc(-n4c(-c5cccnc5N)nc5ccc(-n6cccn6)nc54)ccc32)CC1. The molecule has 0 radical (unpaired) electrons. The van der Waals surface area contributed by atoms with Crippen LogP contribution in [0.5, 0.6) is 0 Å². The molecule has 4 aromatic heterocycles. The summed E-state index contributed by atoms with van der Waals surface area (Å²) in [6.07, 6.45) is 8.27. The predicted molar refractivity (Wildman–Crippen MR) is 159 cm³/mol. The lowest BCUT2D eigenvalue weighted by Gasteiger charge is -2.33. The van der Waals surface area contributed by atoms with Crippen LogP contribution in [0.1, 0.15) is 42.5 Å². The Morgan fingerprint density at radius 2 is 1.93 bits per heavy atom. The molecule has 7 rings (SSSR count). The van der Waals surface area contributed by atoms with Crippen molar-refractivity contribution in [2.75, 3.05) is 18.8 Å². The number of hydrogen-bond acceptors (Lipinski definition) is 8. The van der Waals surface area contributed by atoms with Crippen LogP contribution in [-0.2, 0) is 4.79 Å². The van der Waals surface area contributed by atoms with Crippen molar-refractivity contribution in [3.8, 4) is 22.9 Å². The molecule has 4 N–H and O–H groups in total. The van der Waals surface area contributed by atoms with Crippen LogP contribution < -0.4 is 11.1 Å². The molecule has 5 heterocycles. The van der Waals surface area contributed by atoms with Gasteiger partial charge in [0.2, 0.25) is 5.91 Å². The molecular formula is C31H31N9O2. The number of nitrogens with zero attached hydrogens (tertiary/aromatic N) is 7. The zero-order chi connectivity index (χ0) is 28.8. The van der Waals surface area contributed by atoms with Crippen molar-refractivity contribution in [2.24, 2.45) is 0 Å². The van der Waals surface area contributed by atoms with Crippen molar-refractivity contribution in [1.82, 2.24) is 39.5 Å². The average Bonchev–Trinajstić information content (AvgIpc) is 3.75. The predicted octanol–water partition coefficient (Wildman–Crippen LogP) is 3.50. The lowest BCUT2D eigenvalue weighted by atomic mass is 10.0. The number of nitrogens with one attached hydrogen (secondary N) is 1. The Balaban J connectivity index is 1.26. The molecule has 2 aliphatic rings. The highest BCUT2D eigenvalue weighted by atomic mass is 16.3. The number of amides is 1. The number of hydrogen-bond donors (Lipinski definition) is 3. The van der Waals surface area contributed by atoms with Crippen LogP contribution in [0.2, 0.25) is 0 Å².